The van der Waals surface area contributed by atoms with Gasteiger partial charge in [-0.05, 0) is 30.3 Å². The quantitative estimate of drug-likeness (QED) is 0.685. The third-order valence-corrected chi connectivity index (χ3v) is 3.78. The van der Waals surface area contributed by atoms with Gasteiger partial charge in [0.15, 0.2) is 0 Å². The second-order valence-corrected chi connectivity index (χ2v) is 5.62. The summed E-state index contributed by atoms with van der Waals surface area (Å²) in [6.07, 6.45) is 1.78. The summed E-state index contributed by atoms with van der Waals surface area (Å²) in [6.45, 7) is 0.367. The Morgan fingerprint density at radius 3 is 2.78 bits per heavy atom. The molecule has 0 aromatic heterocycles. The molecule has 0 unspecified atom stereocenters. The molecule has 18 heavy (non-hydrogen) atoms. The smallest absolute Gasteiger partial charge is 0.334 e. The van der Waals surface area contributed by atoms with E-state index in [0.717, 1.165) is 5.69 Å². The topological polar surface area (TPSA) is 38.3 Å². The van der Waals surface area contributed by atoms with Gasteiger partial charge in [0.2, 0.25) is 0 Å². The van der Waals surface area contributed by atoms with Crippen LogP contribution in [0.15, 0.2) is 35.9 Å². The van der Waals surface area contributed by atoms with Crippen molar-refractivity contribution < 1.29 is 9.53 Å². The minimum absolute atomic E-state index is 0.253. The zero-order chi connectivity index (χ0) is 13.0. The monoisotopic (exact) mass is 299 g/mol. The first-order valence-corrected chi connectivity index (χ1v) is 6.98. The maximum Gasteiger partial charge on any atom is 0.334 e. The number of esters is 1. The molecular weight excluding hydrogens is 290 g/mol. The maximum absolute atomic E-state index is 11.2. The molecule has 0 saturated heterocycles. The Kier molecular flexibility index (Phi) is 4.63. The van der Waals surface area contributed by atoms with E-state index in [1.165, 1.54) is 11.8 Å². The number of halogens is 1. The van der Waals surface area contributed by atoms with Crippen LogP contribution in [0, 0.1) is 0 Å². The largest absolute Gasteiger partial charge is 0.458 e. The van der Waals surface area contributed by atoms with Crippen LogP contribution in [-0.4, -0.2) is 22.6 Å². The molecule has 0 fully saturated rings. The summed E-state index contributed by atoms with van der Waals surface area (Å²) in [5.41, 5.74) is 1.54. The molecule has 1 aliphatic rings. The van der Waals surface area contributed by atoms with E-state index < -0.39 is 0 Å². The van der Waals surface area contributed by atoms with Crippen molar-refractivity contribution in [2.24, 2.45) is 0 Å². The highest BCUT2D eigenvalue weighted by molar-refractivity contribution is 8.23. The van der Waals surface area contributed by atoms with Crippen molar-refractivity contribution in [3.8, 4) is 0 Å². The molecule has 0 amide bonds. The molecule has 2 rings (SSSR count). The Hall–Kier alpha value is -1.04. The van der Waals surface area contributed by atoms with E-state index in [1.54, 1.807) is 18.2 Å². The number of benzene rings is 1. The lowest BCUT2D eigenvalue weighted by molar-refractivity contribution is -0.135. The van der Waals surface area contributed by atoms with Crippen molar-refractivity contribution in [1.29, 1.82) is 0 Å². The fourth-order valence-corrected chi connectivity index (χ4v) is 2.48. The summed E-state index contributed by atoms with van der Waals surface area (Å²) in [7, 11) is 0. The van der Waals surface area contributed by atoms with Crippen LogP contribution in [0.4, 0.5) is 5.69 Å². The van der Waals surface area contributed by atoms with E-state index in [9.17, 15) is 4.79 Å². The van der Waals surface area contributed by atoms with Gasteiger partial charge < -0.3 is 10.1 Å². The minimum atomic E-state index is -0.253. The molecule has 1 aromatic rings. The molecule has 1 aliphatic heterocycles. The van der Waals surface area contributed by atoms with Crippen LogP contribution in [0.1, 0.15) is 0 Å². The van der Waals surface area contributed by atoms with Gasteiger partial charge in [0.1, 0.15) is 10.9 Å². The predicted molar refractivity (Wildman–Crippen MR) is 79.2 cm³/mol. The van der Waals surface area contributed by atoms with E-state index in [0.29, 0.717) is 27.3 Å². The average molecular weight is 300 g/mol. The molecule has 1 N–H and O–H groups in total. The number of hydrogen-bond acceptors (Lipinski definition) is 4. The number of thioether (sulfide) groups is 1. The fourth-order valence-electron chi connectivity index (χ4n) is 1.34. The molecule has 0 saturated carbocycles. The van der Waals surface area contributed by atoms with E-state index in [2.05, 4.69) is 5.32 Å². The Labute approximate surface area is 120 Å². The Bertz CT molecular complexity index is 499. The Morgan fingerprint density at radius 1 is 1.44 bits per heavy atom. The summed E-state index contributed by atoms with van der Waals surface area (Å²) in [5, 5.41) is 3.74. The maximum atomic E-state index is 11.2. The number of cyclic esters (lactones) is 1. The summed E-state index contributed by atoms with van der Waals surface area (Å²) in [5.74, 6) is 0.273. The number of thiocarbonyl (C=S) groups is 1. The lowest BCUT2D eigenvalue weighted by Gasteiger charge is -2.07. The second kappa shape index (κ2) is 6.22. The van der Waals surface area contributed by atoms with Crippen molar-refractivity contribution in [2.75, 3.05) is 17.7 Å². The summed E-state index contributed by atoms with van der Waals surface area (Å²) in [6, 6.07) is 7.26. The number of carbonyl (C=O) groups excluding carboxylic acids is 1. The fraction of sp³-hybridized carbons (Fsp3) is 0.167. The normalized spacial score (nSPS) is 14.1. The molecule has 0 atom stereocenters. The van der Waals surface area contributed by atoms with Crippen molar-refractivity contribution in [3.63, 3.8) is 0 Å². The summed E-state index contributed by atoms with van der Waals surface area (Å²) < 4.78 is 5.42. The highest BCUT2D eigenvalue weighted by Crippen LogP contribution is 2.18. The van der Waals surface area contributed by atoms with Crippen molar-refractivity contribution in [2.45, 2.75) is 0 Å². The van der Waals surface area contributed by atoms with Gasteiger partial charge in [-0.2, -0.15) is 0 Å². The Balaban J connectivity index is 1.82. The van der Waals surface area contributed by atoms with Crippen LogP contribution in [0.3, 0.4) is 0 Å². The van der Waals surface area contributed by atoms with Gasteiger partial charge in [-0.1, -0.05) is 35.6 Å². The molecule has 0 bridgehead atoms. The zero-order valence-electron chi connectivity index (χ0n) is 9.31. The van der Waals surface area contributed by atoms with Gasteiger partial charge in [0.25, 0.3) is 0 Å². The predicted octanol–water partition coefficient (Wildman–Crippen LogP) is 3.25. The molecular formula is C12H10ClNO2S2. The van der Waals surface area contributed by atoms with E-state index in [-0.39, 0.29) is 5.97 Å². The molecule has 0 spiro atoms. The van der Waals surface area contributed by atoms with Crippen molar-refractivity contribution in [1.82, 2.24) is 0 Å². The SMILES string of the molecule is O=C1OCC=C1CSC(=S)Nc1ccc(Cl)cc1. The lowest BCUT2D eigenvalue weighted by Crippen LogP contribution is -2.08. The van der Waals surface area contributed by atoms with Gasteiger partial charge in [-0.3, -0.25) is 0 Å². The van der Waals surface area contributed by atoms with E-state index in [4.69, 9.17) is 28.6 Å². The average Bonchev–Trinajstić information content (AvgIpc) is 2.75. The van der Waals surface area contributed by atoms with Crippen LogP contribution in [0.2, 0.25) is 5.02 Å². The molecule has 94 valence electrons. The van der Waals surface area contributed by atoms with Crippen LogP contribution in [-0.2, 0) is 9.53 Å². The van der Waals surface area contributed by atoms with Crippen molar-refractivity contribution >= 4 is 51.6 Å². The summed E-state index contributed by atoms with van der Waals surface area (Å²) in [4.78, 5) is 11.2. The second-order valence-electron chi connectivity index (χ2n) is 3.54. The molecule has 0 radical (unpaired) electrons. The van der Waals surface area contributed by atoms with Crippen LogP contribution in [0.25, 0.3) is 0 Å². The van der Waals surface area contributed by atoms with Gasteiger partial charge in [0.05, 0.1) is 0 Å². The number of carbonyl (C=O) groups is 1. The van der Waals surface area contributed by atoms with Crippen molar-refractivity contribution in [3.05, 3.63) is 40.9 Å². The van der Waals surface area contributed by atoms with E-state index >= 15 is 0 Å². The molecule has 6 heteroatoms. The van der Waals surface area contributed by atoms with Gasteiger partial charge >= 0.3 is 5.97 Å². The third-order valence-electron chi connectivity index (χ3n) is 2.26. The standard InChI is InChI=1S/C12H10ClNO2S2/c13-9-1-3-10(4-2-9)14-12(17)18-7-8-5-6-16-11(8)15/h1-5H,6-7H2,(H,14,17). The van der Waals surface area contributed by atoms with Gasteiger partial charge in [0, 0.05) is 22.0 Å². The molecule has 3 nitrogen and oxygen atoms in total. The number of nitrogens with one attached hydrogen (secondary N) is 1. The van der Waals surface area contributed by atoms with Gasteiger partial charge in [-0.25, -0.2) is 4.79 Å². The molecule has 1 heterocycles. The lowest BCUT2D eigenvalue weighted by atomic mass is 10.3. The summed E-state index contributed by atoms with van der Waals surface area (Å²) >= 11 is 12.4. The van der Waals surface area contributed by atoms with E-state index in [1.807, 2.05) is 12.1 Å². The zero-order valence-corrected chi connectivity index (χ0v) is 11.7. The highest BCUT2D eigenvalue weighted by atomic mass is 35.5. The number of rotatable bonds is 3. The van der Waals surface area contributed by atoms with Crippen LogP contribution < -0.4 is 5.32 Å². The number of hydrogen-bond donors (Lipinski definition) is 1. The highest BCUT2D eigenvalue weighted by Gasteiger charge is 2.16. The Morgan fingerprint density at radius 2 is 2.17 bits per heavy atom. The van der Waals surface area contributed by atoms with Gasteiger partial charge in [-0.15, -0.1) is 0 Å². The van der Waals surface area contributed by atoms with Crippen LogP contribution >= 0.6 is 35.6 Å². The minimum Gasteiger partial charge on any atom is -0.458 e. The molecule has 0 aliphatic carbocycles. The first kappa shape index (κ1) is 13.4. The number of ether oxygens (including phenoxy) is 1. The molecule has 1 aromatic carbocycles. The third kappa shape index (κ3) is 3.73. The first-order chi connectivity index (χ1) is 8.65. The first-order valence-electron chi connectivity index (χ1n) is 5.20. The number of anilines is 1. The van der Waals surface area contributed by atoms with Crippen LogP contribution in [0.5, 0.6) is 0 Å².